The fourth-order valence-electron chi connectivity index (χ4n) is 4.08. The van der Waals surface area contributed by atoms with Crippen LogP contribution in [-0.4, -0.2) is 68.1 Å². The van der Waals surface area contributed by atoms with E-state index in [4.69, 9.17) is 50.3 Å². The lowest BCUT2D eigenvalue weighted by molar-refractivity contribution is -0.227. The van der Waals surface area contributed by atoms with Crippen molar-refractivity contribution in [3.63, 3.8) is 0 Å². The van der Waals surface area contributed by atoms with Gasteiger partial charge in [0.2, 0.25) is 0 Å². The average Bonchev–Trinajstić information content (AvgIpc) is 2.24. The van der Waals surface area contributed by atoms with E-state index in [1.807, 2.05) is 0 Å². The van der Waals surface area contributed by atoms with Gasteiger partial charge in [0.05, 0.1) is 0 Å². The molecule has 6 fully saturated rings. The molecule has 12 nitrogen and oxygen atoms in total. The second-order valence-electron chi connectivity index (χ2n) is 7.60. The molecule has 0 N–H and O–H groups in total. The number of hydrogen-bond acceptors (Lipinski definition) is 12. The molecule has 0 aromatic heterocycles. The summed E-state index contributed by atoms with van der Waals surface area (Å²) in [5, 5.41) is 0. The van der Waals surface area contributed by atoms with Gasteiger partial charge in [-0.25, -0.2) is 0 Å². The van der Waals surface area contributed by atoms with Crippen molar-refractivity contribution < 1.29 is 50.3 Å². The van der Waals surface area contributed by atoms with Crippen molar-refractivity contribution in [3.8, 4) is 0 Å². The van der Waals surface area contributed by atoms with Gasteiger partial charge < -0.3 is 50.3 Å². The third-order valence-electron chi connectivity index (χ3n) is 4.27. The minimum absolute atomic E-state index is 1.17. The Morgan fingerprint density at radius 1 is 0.333 bits per heavy atom. The Bertz CT molecular complexity index is 586. The molecule has 0 atom stereocenters. The molecule has 6 heterocycles. The topological polar surface area (TPSA) is 111 Å². The van der Waals surface area contributed by atoms with E-state index in [1.54, 1.807) is 45.8 Å². The summed E-state index contributed by atoms with van der Waals surface area (Å²) in [7, 11) is -23.7. The van der Waals surface area contributed by atoms with E-state index in [0.717, 1.165) is 0 Å². The van der Waals surface area contributed by atoms with Gasteiger partial charge in [0.15, 0.2) is 0 Å². The maximum absolute atomic E-state index is 6.35. The van der Waals surface area contributed by atoms with Crippen molar-refractivity contribution in [2.45, 2.75) is 52.3 Å². The summed E-state index contributed by atoms with van der Waals surface area (Å²) in [4.78, 5) is 0. The van der Waals surface area contributed by atoms with E-state index < -0.39 is 68.1 Å². The van der Waals surface area contributed by atoms with Gasteiger partial charge in [-0.15, -0.1) is 0 Å². The normalized spacial score (nSPS) is 65.2. The summed E-state index contributed by atoms with van der Waals surface area (Å²) >= 11 is 0. The zero-order valence-corrected chi connectivity index (χ0v) is 23.0. The molecule has 154 valence electrons. The SMILES string of the molecule is C[Si]12OC3O[Si]4(C)O[Si](C)(O1)O[Si]1(C)O[Si](C)(O2)O[Si](C)(O3)O[Si](C)(O4)O1. The van der Waals surface area contributed by atoms with E-state index in [1.165, 1.54) is 0 Å². The first-order chi connectivity index (χ1) is 12.1. The number of rotatable bonds is 0. The van der Waals surface area contributed by atoms with E-state index in [2.05, 4.69) is 0 Å². The molecule has 8 bridgehead atoms. The predicted molar refractivity (Wildman–Crippen MR) is 98.1 cm³/mol. The van der Waals surface area contributed by atoms with Gasteiger partial charge in [-0.2, -0.15) is 0 Å². The first kappa shape index (κ1) is 20.0. The van der Waals surface area contributed by atoms with Gasteiger partial charge in [-0.1, -0.05) is 0 Å². The van der Waals surface area contributed by atoms with Crippen LogP contribution in [0, 0.1) is 0 Å². The zero-order valence-electron chi connectivity index (χ0n) is 16.0. The zero-order chi connectivity index (χ0) is 19.6. The van der Waals surface area contributed by atoms with Crippen molar-refractivity contribution in [1.82, 2.24) is 0 Å². The molecule has 0 saturated carbocycles. The molecule has 0 amide bonds. The highest BCUT2D eigenvalue weighted by Crippen LogP contribution is 2.46. The molecule has 6 rings (SSSR count). The molecule has 19 heteroatoms. The minimum atomic E-state index is -3.39. The average molecular weight is 507 g/mol. The van der Waals surface area contributed by atoms with Crippen molar-refractivity contribution in [3.05, 3.63) is 0 Å². The van der Waals surface area contributed by atoms with E-state index >= 15 is 0 Å². The molecule has 0 aromatic carbocycles. The highest BCUT2D eigenvalue weighted by Gasteiger charge is 2.75. The molecule has 6 saturated heterocycles. The van der Waals surface area contributed by atoms with Gasteiger partial charge in [0, 0.05) is 45.8 Å². The van der Waals surface area contributed by atoms with Gasteiger partial charge >= 0.3 is 61.6 Å². The Kier molecular flexibility index (Phi) is 4.03. The third-order valence-corrected chi connectivity index (χ3v) is 32.8. The van der Waals surface area contributed by atoms with Crippen LogP contribution >= 0.6 is 0 Å². The Labute approximate surface area is 164 Å². The summed E-state index contributed by atoms with van der Waals surface area (Å²) in [5.74, 6) is 0. The standard InChI is InChI=1S/C8H22O12Si7/c1-21-9-8-10-22(2)14-24(4,12-21)18-27(7)19-25(5,13-21)15-23(3,11-8)17-26(6,16-22)20-27/h8H,1-7H3. The summed E-state index contributed by atoms with van der Waals surface area (Å²) in [5.41, 5.74) is 0. The van der Waals surface area contributed by atoms with Gasteiger partial charge in [0.1, 0.15) is 0 Å². The largest absolute Gasteiger partial charge is 0.486 e. The Morgan fingerprint density at radius 3 is 0.741 bits per heavy atom. The van der Waals surface area contributed by atoms with Crippen molar-refractivity contribution in [2.24, 2.45) is 0 Å². The van der Waals surface area contributed by atoms with Crippen molar-refractivity contribution in [2.75, 3.05) is 0 Å². The third kappa shape index (κ3) is 3.46. The first-order valence-electron chi connectivity index (χ1n) is 8.49. The van der Waals surface area contributed by atoms with Crippen LogP contribution < -0.4 is 0 Å². The van der Waals surface area contributed by atoms with E-state index in [-0.39, 0.29) is 0 Å². The van der Waals surface area contributed by atoms with Crippen molar-refractivity contribution in [1.29, 1.82) is 0 Å². The Morgan fingerprint density at radius 2 is 0.519 bits per heavy atom. The lowest BCUT2D eigenvalue weighted by Crippen LogP contribution is -2.83. The monoisotopic (exact) mass is 506 g/mol. The second-order valence-corrected chi connectivity index (χ2v) is 27.7. The molecule has 6 aliphatic rings. The molecule has 6 aliphatic heterocycles. The lowest BCUT2D eigenvalue weighted by Gasteiger charge is -2.58. The van der Waals surface area contributed by atoms with E-state index in [9.17, 15) is 0 Å². The predicted octanol–water partition coefficient (Wildman–Crippen LogP) is 0.518. The summed E-state index contributed by atoms with van der Waals surface area (Å²) in [6.07, 6.45) is 0. The quantitative estimate of drug-likeness (QED) is 0.427. The van der Waals surface area contributed by atoms with Gasteiger partial charge in [0.25, 0.3) is 6.48 Å². The molecular weight excluding hydrogens is 485 g/mol. The number of hydrogen-bond donors (Lipinski definition) is 0. The van der Waals surface area contributed by atoms with Crippen LogP contribution in [-0.2, 0) is 50.3 Å². The van der Waals surface area contributed by atoms with Gasteiger partial charge in [-0.05, 0) is 0 Å². The summed E-state index contributed by atoms with van der Waals surface area (Å²) in [6.45, 7) is 10.9. The molecule has 0 spiro atoms. The molecule has 0 unspecified atom stereocenters. The maximum Gasteiger partial charge on any atom is 0.486 e. The smallest absolute Gasteiger partial charge is 0.374 e. The summed E-state index contributed by atoms with van der Waals surface area (Å²) < 4.78 is 75.0. The lowest BCUT2D eigenvalue weighted by atomic mass is 11.4. The highest BCUT2D eigenvalue weighted by molar-refractivity contribution is 6.97. The van der Waals surface area contributed by atoms with Crippen LogP contribution in [0.3, 0.4) is 0 Å². The van der Waals surface area contributed by atoms with Crippen LogP contribution in [0.2, 0.25) is 45.8 Å². The van der Waals surface area contributed by atoms with Crippen LogP contribution in [0.15, 0.2) is 0 Å². The van der Waals surface area contributed by atoms with Crippen LogP contribution in [0.5, 0.6) is 0 Å². The Balaban J connectivity index is 1.76. The van der Waals surface area contributed by atoms with Crippen LogP contribution in [0.25, 0.3) is 0 Å². The first-order valence-corrected chi connectivity index (χ1v) is 24.1. The fraction of sp³-hybridized carbons (Fsp3) is 1.00. The molecule has 27 heavy (non-hydrogen) atoms. The molecule has 0 aromatic rings. The fourth-order valence-corrected chi connectivity index (χ4v) is 39.2. The van der Waals surface area contributed by atoms with Crippen molar-refractivity contribution >= 4 is 61.6 Å². The molecule has 0 radical (unpaired) electrons. The Hall–Kier alpha value is 1.04. The molecule has 0 aliphatic carbocycles. The highest BCUT2D eigenvalue weighted by atomic mass is 28.6. The maximum atomic E-state index is 6.35. The second kappa shape index (κ2) is 5.44. The van der Waals surface area contributed by atoms with E-state index in [0.29, 0.717) is 0 Å². The van der Waals surface area contributed by atoms with Crippen LogP contribution in [0.4, 0.5) is 0 Å². The summed E-state index contributed by atoms with van der Waals surface area (Å²) in [6, 6.07) is 0. The minimum Gasteiger partial charge on any atom is -0.374 e. The molecular formula is C8H22O12Si7. The van der Waals surface area contributed by atoms with Gasteiger partial charge in [-0.3, -0.25) is 0 Å². The van der Waals surface area contributed by atoms with Crippen LogP contribution in [0.1, 0.15) is 0 Å².